The molecule has 0 fully saturated rings. The van der Waals surface area contributed by atoms with Crippen LogP contribution in [-0.2, 0) is 32.0 Å². The Bertz CT molecular complexity index is 1990. The molecule has 6 aromatic rings. The van der Waals surface area contributed by atoms with Crippen molar-refractivity contribution in [2.24, 2.45) is 14.1 Å². The lowest BCUT2D eigenvalue weighted by molar-refractivity contribution is 0.117. The minimum absolute atomic E-state index is 0.119. The molecule has 8 heteroatoms. The maximum Gasteiger partial charge on any atom is 0.251 e. The van der Waals surface area contributed by atoms with E-state index in [0.29, 0.717) is 16.3 Å². The topological polar surface area (TPSA) is 72.1 Å². The van der Waals surface area contributed by atoms with Gasteiger partial charge in [-0.15, -0.1) is 0 Å². The third kappa shape index (κ3) is 6.49. The van der Waals surface area contributed by atoms with E-state index in [1.54, 1.807) is 30.2 Å². The lowest BCUT2D eigenvalue weighted by Crippen LogP contribution is -2.31. The number of halogens is 1. The van der Waals surface area contributed by atoms with Gasteiger partial charge in [-0.1, -0.05) is 84.4 Å². The maximum absolute atomic E-state index is 12.9. The van der Waals surface area contributed by atoms with E-state index in [2.05, 4.69) is 46.7 Å². The molecular formula is C37H35ClN4O2S. The van der Waals surface area contributed by atoms with Crippen LogP contribution in [0.4, 0.5) is 0 Å². The van der Waals surface area contributed by atoms with Crippen LogP contribution in [0.15, 0.2) is 120 Å². The molecule has 2 heterocycles. The second-order valence-electron chi connectivity index (χ2n) is 11.2. The Morgan fingerprint density at radius 2 is 1.67 bits per heavy atom. The Labute approximate surface area is 272 Å². The first-order valence-electron chi connectivity index (χ1n) is 14.9. The van der Waals surface area contributed by atoms with Crippen molar-refractivity contribution in [2.75, 3.05) is 12.3 Å². The number of hydrogen-bond acceptors (Lipinski definition) is 5. The van der Waals surface area contributed by atoms with Crippen molar-refractivity contribution >= 4 is 34.3 Å². The smallest absolute Gasteiger partial charge is 0.251 e. The summed E-state index contributed by atoms with van der Waals surface area (Å²) in [7, 11) is 3.64. The number of hydrogen-bond donors (Lipinski definition) is 2. The van der Waals surface area contributed by atoms with Gasteiger partial charge in [0.05, 0.1) is 23.7 Å². The van der Waals surface area contributed by atoms with Crippen molar-refractivity contribution < 1.29 is 5.11 Å². The van der Waals surface area contributed by atoms with Gasteiger partial charge in [0.25, 0.3) is 5.56 Å². The number of fused-ring (bicyclic) bond motifs is 1. The van der Waals surface area contributed by atoms with E-state index in [4.69, 9.17) is 11.6 Å². The number of thioether (sulfide) groups is 1. The number of pyridine rings is 1. The summed E-state index contributed by atoms with van der Waals surface area (Å²) >= 11 is 8.26. The molecule has 0 spiro atoms. The highest BCUT2D eigenvalue weighted by atomic mass is 35.5. The van der Waals surface area contributed by atoms with Crippen LogP contribution in [0.3, 0.4) is 0 Å². The van der Waals surface area contributed by atoms with E-state index in [0.717, 1.165) is 57.8 Å². The second-order valence-corrected chi connectivity index (χ2v) is 12.8. The molecule has 6 rings (SSSR count). The van der Waals surface area contributed by atoms with Gasteiger partial charge in [0.2, 0.25) is 0 Å². The molecule has 2 N–H and O–H groups in total. The summed E-state index contributed by atoms with van der Waals surface area (Å²) < 4.78 is 3.46. The van der Waals surface area contributed by atoms with E-state index in [1.807, 2.05) is 84.0 Å². The van der Waals surface area contributed by atoms with Crippen molar-refractivity contribution in [3.63, 3.8) is 0 Å². The van der Waals surface area contributed by atoms with E-state index in [1.165, 1.54) is 5.56 Å². The lowest BCUT2D eigenvalue weighted by Gasteiger charge is -2.30. The summed E-state index contributed by atoms with van der Waals surface area (Å²) in [6, 6.07) is 33.5. The largest absolute Gasteiger partial charge is 0.374 e. The molecule has 6 nitrogen and oxygen atoms in total. The summed E-state index contributed by atoms with van der Waals surface area (Å²) in [4.78, 5) is 17.3. The average molecular weight is 635 g/mol. The number of benzene rings is 4. The molecular weight excluding hydrogens is 600 g/mol. The number of nitrogens with one attached hydrogen (secondary N) is 1. The van der Waals surface area contributed by atoms with Crippen molar-refractivity contribution in [2.45, 2.75) is 17.9 Å². The molecule has 0 aliphatic heterocycles. The summed E-state index contributed by atoms with van der Waals surface area (Å²) in [5.74, 6) is 2.04. The first-order chi connectivity index (χ1) is 21.8. The molecule has 1 atom stereocenters. The molecule has 0 aliphatic rings. The van der Waals surface area contributed by atoms with Gasteiger partial charge in [-0.25, -0.2) is 4.98 Å². The van der Waals surface area contributed by atoms with Gasteiger partial charge in [-0.05, 0) is 57.6 Å². The first kappa shape index (κ1) is 30.9. The van der Waals surface area contributed by atoms with Gasteiger partial charge in [0.15, 0.2) is 5.60 Å². The molecule has 0 bridgehead atoms. The van der Waals surface area contributed by atoms with Crippen LogP contribution in [0.1, 0.15) is 27.9 Å². The fraction of sp³-hybridized carbons (Fsp3) is 0.189. The number of aryl methyl sites for hydroxylation is 2. The zero-order chi connectivity index (χ0) is 31.4. The maximum atomic E-state index is 12.9. The Balaban J connectivity index is 1.29. The third-order valence-electron chi connectivity index (χ3n) is 8.22. The van der Waals surface area contributed by atoms with Crippen molar-refractivity contribution in [1.29, 1.82) is 0 Å². The predicted octanol–water partition coefficient (Wildman–Crippen LogP) is 6.90. The fourth-order valence-corrected chi connectivity index (χ4v) is 6.81. The Kier molecular flexibility index (Phi) is 9.24. The average Bonchev–Trinajstić information content (AvgIpc) is 3.50. The fourth-order valence-electron chi connectivity index (χ4n) is 5.75. The van der Waals surface area contributed by atoms with Crippen LogP contribution >= 0.6 is 23.4 Å². The van der Waals surface area contributed by atoms with Gasteiger partial charge in [0, 0.05) is 55.2 Å². The Morgan fingerprint density at radius 1 is 0.889 bits per heavy atom. The molecule has 0 saturated heterocycles. The van der Waals surface area contributed by atoms with Crippen LogP contribution in [0.5, 0.6) is 0 Å². The highest BCUT2D eigenvalue weighted by molar-refractivity contribution is 7.98. The molecule has 2 aromatic heterocycles. The quantitative estimate of drug-likeness (QED) is 0.152. The summed E-state index contributed by atoms with van der Waals surface area (Å²) in [5, 5.41) is 17.6. The monoisotopic (exact) mass is 634 g/mol. The zero-order valence-corrected chi connectivity index (χ0v) is 26.9. The van der Waals surface area contributed by atoms with Crippen molar-refractivity contribution in [3.8, 4) is 11.1 Å². The normalized spacial score (nSPS) is 12.8. The van der Waals surface area contributed by atoms with E-state index in [9.17, 15) is 9.90 Å². The molecule has 0 amide bonds. The third-order valence-corrected chi connectivity index (χ3v) is 9.49. The Hall–Kier alpha value is -4.14. The van der Waals surface area contributed by atoms with Crippen LogP contribution in [0.2, 0.25) is 5.02 Å². The molecule has 45 heavy (non-hydrogen) atoms. The van der Waals surface area contributed by atoms with Crippen LogP contribution < -0.4 is 10.9 Å². The van der Waals surface area contributed by atoms with E-state index in [-0.39, 0.29) is 5.56 Å². The van der Waals surface area contributed by atoms with E-state index >= 15 is 0 Å². The Morgan fingerprint density at radius 3 is 2.40 bits per heavy atom. The summed E-state index contributed by atoms with van der Waals surface area (Å²) in [5.41, 5.74) is 5.24. The standard InChI is InChI=1S/C37H35ClN4O2S/c1-41-25-40-23-35(41)37(44,29-13-11-26(12-14-29)22-39-17-18-45-24-27-7-4-3-5-8-27)30-15-16-34-33(20-30)32(21-36(43)42(34)2)28-9-6-10-31(38)19-28/h3-16,19-21,23,25,39,44H,17-18,22,24H2,1-2H3. The van der Waals surface area contributed by atoms with Crippen molar-refractivity contribution in [3.05, 3.63) is 159 Å². The molecule has 228 valence electrons. The zero-order valence-electron chi connectivity index (χ0n) is 25.3. The number of nitrogens with zero attached hydrogens (tertiary/aromatic N) is 3. The molecule has 1 unspecified atom stereocenters. The van der Waals surface area contributed by atoms with Gasteiger partial charge in [-0.3, -0.25) is 4.79 Å². The van der Waals surface area contributed by atoms with Crippen LogP contribution in [0.25, 0.3) is 22.0 Å². The van der Waals surface area contributed by atoms with Crippen LogP contribution in [-0.4, -0.2) is 31.5 Å². The number of rotatable bonds is 11. The lowest BCUT2D eigenvalue weighted by atomic mass is 9.82. The van der Waals surface area contributed by atoms with Gasteiger partial charge < -0.3 is 19.6 Å². The minimum Gasteiger partial charge on any atom is -0.374 e. The number of aromatic nitrogens is 3. The van der Waals surface area contributed by atoms with Gasteiger partial charge >= 0.3 is 0 Å². The minimum atomic E-state index is -1.50. The highest BCUT2D eigenvalue weighted by Gasteiger charge is 2.37. The van der Waals surface area contributed by atoms with Crippen molar-refractivity contribution in [1.82, 2.24) is 19.4 Å². The molecule has 0 aliphatic carbocycles. The predicted molar refractivity (Wildman–Crippen MR) is 186 cm³/mol. The second kappa shape index (κ2) is 13.5. The highest BCUT2D eigenvalue weighted by Crippen LogP contribution is 2.39. The molecule has 0 radical (unpaired) electrons. The van der Waals surface area contributed by atoms with E-state index < -0.39 is 5.60 Å². The van der Waals surface area contributed by atoms with Gasteiger partial charge in [0.1, 0.15) is 0 Å². The van der Waals surface area contributed by atoms with Gasteiger partial charge in [-0.2, -0.15) is 11.8 Å². The number of aliphatic hydroxyl groups is 1. The molecule has 0 saturated carbocycles. The summed E-state index contributed by atoms with van der Waals surface area (Å²) in [6.45, 7) is 1.65. The SMILES string of the molecule is Cn1cncc1C(O)(c1ccc(CNCCSCc2ccccc2)cc1)c1ccc2c(c1)c(-c1cccc(Cl)c1)cc(=O)n2C. The summed E-state index contributed by atoms with van der Waals surface area (Å²) in [6.07, 6.45) is 3.39. The molecule has 4 aromatic carbocycles. The first-order valence-corrected chi connectivity index (χ1v) is 16.4. The number of imidazole rings is 1. The van der Waals surface area contributed by atoms with Crippen LogP contribution in [0, 0.1) is 0 Å².